The Bertz CT molecular complexity index is 240. The predicted octanol–water partition coefficient (Wildman–Crippen LogP) is 2.32. The Morgan fingerprint density at radius 2 is 2.09 bits per heavy atom. The maximum Gasteiger partial charge on any atom is 0.165 e. The summed E-state index contributed by atoms with van der Waals surface area (Å²) in [6.45, 7) is 1.94. The fourth-order valence-electron chi connectivity index (χ4n) is 0.701. The third-order valence-corrected chi connectivity index (χ3v) is 1.53. The summed E-state index contributed by atoms with van der Waals surface area (Å²) in [4.78, 5) is 4.49. The van der Waals surface area contributed by atoms with Crippen molar-refractivity contribution in [3.63, 3.8) is 0 Å². The van der Waals surface area contributed by atoms with E-state index >= 15 is 0 Å². The quantitative estimate of drug-likeness (QED) is 0.696. The standard InChI is InChI=1S/C7H8ClNO.ClH/c1-5-2-3-6(8)7(4-5)10-9;/h2-4H,9H2,1H3;1H. The molecule has 0 heterocycles. The molecule has 62 valence electrons. The molecule has 1 aromatic carbocycles. The van der Waals surface area contributed by atoms with Gasteiger partial charge in [0.05, 0.1) is 5.02 Å². The molecule has 11 heavy (non-hydrogen) atoms. The molecule has 0 bridgehead atoms. The Hall–Kier alpha value is -0.440. The first-order valence-corrected chi connectivity index (χ1v) is 3.24. The lowest BCUT2D eigenvalue weighted by atomic mass is 10.2. The normalized spacial score (nSPS) is 8.64. The summed E-state index contributed by atoms with van der Waals surface area (Å²) in [6.07, 6.45) is 0. The van der Waals surface area contributed by atoms with Gasteiger partial charge in [-0.3, -0.25) is 0 Å². The molecule has 0 radical (unpaired) electrons. The molecule has 0 saturated heterocycles. The number of benzene rings is 1. The van der Waals surface area contributed by atoms with Crippen molar-refractivity contribution in [2.75, 3.05) is 0 Å². The van der Waals surface area contributed by atoms with E-state index in [2.05, 4.69) is 4.84 Å². The Morgan fingerprint density at radius 1 is 1.45 bits per heavy atom. The molecule has 0 amide bonds. The van der Waals surface area contributed by atoms with Crippen molar-refractivity contribution in [1.82, 2.24) is 0 Å². The molecule has 0 aromatic heterocycles. The van der Waals surface area contributed by atoms with Gasteiger partial charge in [-0.05, 0) is 24.6 Å². The second-order valence-electron chi connectivity index (χ2n) is 2.05. The second-order valence-corrected chi connectivity index (χ2v) is 2.46. The van der Waals surface area contributed by atoms with Gasteiger partial charge < -0.3 is 4.84 Å². The summed E-state index contributed by atoms with van der Waals surface area (Å²) in [5.74, 6) is 5.45. The van der Waals surface area contributed by atoms with E-state index in [-0.39, 0.29) is 12.4 Å². The Balaban J connectivity index is 0.000001000. The third kappa shape index (κ3) is 2.58. The van der Waals surface area contributed by atoms with E-state index in [1.54, 1.807) is 12.1 Å². The number of hydrogen-bond donors (Lipinski definition) is 1. The third-order valence-electron chi connectivity index (χ3n) is 1.21. The predicted molar refractivity (Wildman–Crippen MR) is 48.3 cm³/mol. The smallest absolute Gasteiger partial charge is 0.165 e. The van der Waals surface area contributed by atoms with Crippen LogP contribution in [0.15, 0.2) is 18.2 Å². The van der Waals surface area contributed by atoms with E-state index in [1.165, 1.54) is 0 Å². The minimum atomic E-state index is 0. The molecule has 0 spiro atoms. The second kappa shape index (κ2) is 4.44. The van der Waals surface area contributed by atoms with Gasteiger partial charge in [0.15, 0.2) is 5.75 Å². The van der Waals surface area contributed by atoms with Crippen LogP contribution < -0.4 is 10.7 Å². The molecule has 1 rings (SSSR count). The van der Waals surface area contributed by atoms with E-state index in [0.717, 1.165) is 5.56 Å². The van der Waals surface area contributed by atoms with Crippen LogP contribution in [0.5, 0.6) is 5.75 Å². The highest BCUT2D eigenvalue weighted by atomic mass is 35.5. The summed E-state index contributed by atoms with van der Waals surface area (Å²) < 4.78 is 0. The first-order chi connectivity index (χ1) is 4.74. The number of aryl methyl sites for hydroxylation is 1. The summed E-state index contributed by atoms with van der Waals surface area (Å²) in [5.41, 5.74) is 1.07. The number of hydrogen-bond acceptors (Lipinski definition) is 2. The molecule has 0 unspecified atom stereocenters. The van der Waals surface area contributed by atoms with Crippen molar-refractivity contribution >= 4 is 24.0 Å². The molecule has 0 aliphatic heterocycles. The average molecular weight is 194 g/mol. The monoisotopic (exact) mass is 193 g/mol. The molecular weight excluding hydrogens is 185 g/mol. The lowest BCUT2D eigenvalue weighted by Gasteiger charge is -2.00. The van der Waals surface area contributed by atoms with Gasteiger partial charge in [0, 0.05) is 0 Å². The molecule has 2 nitrogen and oxygen atoms in total. The van der Waals surface area contributed by atoms with Gasteiger partial charge in [0.1, 0.15) is 0 Å². The van der Waals surface area contributed by atoms with E-state index in [1.807, 2.05) is 13.0 Å². The molecule has 0 aliphatic rings. The van der Waals surface area contributed by atoms with Crippen molar-refractivity contribution in [3.05, 3.63) is 28.8 Å². The van der Waals surface area contributed by atoms with Crippen LogP contribution in [0.1, 0.15) is 5.56 Å². The van der Waals surface area contributed by atoms with Crippen molar-refractivity contribution < 1.29 is 4.84 Å². The van der Waals surface area contributed by atoms with E-state index in [9.17, 15) is 0 Å². The summed E-state index contributed by atoms with van der Waals surface area (Å²) >= 11 is 5.69. The highest BCUT2D eigenvalue weighted by Gasteiger charge is 1.98. The molecule has 0 saturated carbocycles. The zero-order valence-electron chi connectivity index (χ0n) is 6.00. The average Bonchev–Trinajstić information content (AvgIpc) is 1.94. The van der Waals surface area contributed by atoms with E-state index < -0.39 is 0 Å². The van der Waals surface area contributed by atoms with Crippen molar-refractivity contribution in [3.8, 4) is 5.75 Å². The van der Waals surface area contributed by atoms with Crippen LogP contribution >= 0.6 is 24.0 Å². The highest BCUT2D eigenvalue weighted by molar-refractivity contribution is 6.32. The van der Waals surface area contributed by atoms with Gasteiger partial charge in [-0.15, -0.1) is 12.4 Å². The number of rotatable bonds is 1. The lowest BCUT2D eigenvalue weighted by molar-refractivity contribution is 0.334. The van der Waals surface area contributed by atoms with Crippen LogP contribution in [0.4, 0.5) is 0 Å². The molecule has 0 atom stereocenters. The van der Waals surface area contributed by atoms with Crippen LogP contribution in [0.25, 0.3) is 0 Å². The molecular formula is C7H9Cl2NO. The topological polar surface area (TPSA) is 35.2 Å². The summed E-state index contributed by atoms with van der Waals surface area (Å²) in [6, 6.07) is 5.42. The largest absolute Gasteiger partial charge is 0.410 e. The Morgan fingerprint density at radius 3 is 2.55 bits per heavy atom. The van der Waals surface area contributed by atoms with Gasteiger partial charge >= 0.3 is 0 Å². The van der Waals surface area contributed by atoms with Gasteiger partial charge in [0.2, 0.25) is 0 Å². The van der Waals surface area contributed by atoms with Crippen LogP contribution in [-0.4, -0.2) is 0 Å². The van der Waals surface area contributed by atoms with Crippen LogP contribution in [-0.2, 0) is 0 Å². The molecule has 0 aliphatic carbocycles. The molecule has 4 heteroatoms. The molecule has 1 aromatic rings. The maximum atomic E-state index is 5.69. The minimum Gasteiger partial charge on any atom is -0.410 e. The Labute approximate surface area is 76.7 Å². The van der Waals surface area contributed by atoms with E-state index in [4.69, 9.17) is 17.5 Å². The van der Waals surface area contributed by atoms with Crippen molar-refractivity contribution in [2.24, 2.45) is 5.90 Å². The maximum absolute atomic E-state index is 5.69. The van der Waals surface area contributed by atoms with Crippen molar-refractivity contribution in [1.29, 1.82) is 0 Å². The number of nitrogens with two attached hydrogens (primary N) is 1. The minimum absolute atomic E-state index is 0. The van der Waals surface area contributed by atoms with Gasteiger partial charge in [0.25, 0.3) is 0 Å². The summed E-state index contributed by atoms with van der Waals surface area (Å²) in [7, 11) is 0. The van der Waals surface area contributed by atoms with Crippen LogP contribution in [0.2, 0.25) is 5.02 Å². The van der Waals surface area contributed by atoms with Gasteiger partial charge in [-0.1, -0.05) is 17.7 Å². The fraction of sp³-hybridized carbons (Fsp3) is 0.143. The molecule has 0 fully saturated rings. The zero-order valence-corrected chi connectivity index (χ0v) is 7.58. The van der Waals surface area contributed by atoms with Crippen molar-refractivity contribution in [2.45, 2.75) is 6.92 Å². The first-order valence-electron chi connectivity index (χ1n) is 2.87. The highest BCUT2D eigenvalue weighted by Crippen LogP contribution is 2.23. The fourth-order valence-corrected chi connectivity index (χ4v) is 0.863. The van der Waals surface area contributed by atoms with Crippen LogP contribution in [0, 0.1) is 6.92 Å². The number of halogens is 2. The Kier molecular flexibility index (Phi) is 4.26. The first kappa shape index (κ1) is 10.6. The SMILES string of the molecule is Cc1ccc(Cl)c(ON)c1.Cl. The lowest BCUT2D eigenvalue weighted by Crippen LogP contribution is -2.02. The van der Waals surface area contributed by atoms with Crippen LogP contribution in [0.3, 0.4) is 0 Å². The van der Waals surface area contributed by atoms with Gasteiger partial charge in [-0.25, -0.2) is 0 Å². The van der Waals surface area contributed by atoms with E-state index in [0.29, 0.717) is 10.8 Å². The molecule has 2 N–H and O–H groups in total. The summed E-state index contributed by atoms with van der Waals surface area (Å²) in [5, 5.41) is 0.535. The zero-order chi connectivity index (χ0) is 7.56. The van der Waals surface area contributed by atoms with Gasteiger partial charge in [-0.2, -0.15) is 5.90 Å².